The minimum absolute atomic E-state index is 0.287. The lowest BCUT2D eigenvalue weighted by Crippen LogP contribution is -2.03. The molecule has 4 heteroatoms. The van der Waals surface area contributed by atoms with Crippen LogP contribution in [0.15, 0.2) is 41.7 Å². The van der Waals surface area contributed by atoms with Crippen molar-refractivity contribution in [1.29, 1.82) is 0 Å². The van der Waals surface area contributed by atoms with Crippen molar-refractivity contribution in [3.05, 3.63) is 48.0 Å². The Bertz CT molecular complexity index is 617. The molecule has 1 aliphatic rings. The lowest BCUT2D eigenvalue weighted by atomic mass is 10.1. The highest BCUT2D eigenvalue weighted by molar-refractivity contribution is 5.44. The van der Waals surface area contributed by atoms with Crippen molar-refractivity contribution < 1.29 is 4.79 Å². The Morgan fingerprint density at radius 2 is 2.06 bits per heavy atom. The molecule has 1 heterocycles. The lowest BCUT2D eigenvalue weighted by Gasteiger charge is -2.10. The van der Waals surface area contributed by atoms with E-state index in [1.807, 2.05) is 42.0 Å². The molecule has 1 aromatic heterocycles. The van der Waals surface area contributed by atoms with E-state index in [1.54, 1.807) is 12.3 Å². The summed E-state index contributed by atoms with van der Waals surface area (Å²) in [7, 11) is 0. The van der Waals surface area contributed by atoms with Crippen LogP contribution in [0.5, 0.6) is 0 Å². The van der Waals surface area contributed by atoms with Crippen LogP contribution in [0.4, 0.5) is 0 Å². The third kappa shape index (κ3) is 1.67. The van der Waals surface area contributed by atoms with Gasteiger partial charge >= 0.3 is 0 Å². The molecule has 0 bridgehead atoms. The van der Waals surface area contributed by atoms with Gasteiger partial charge in [-0.1, -0.05) is 12.1 Å². The van der Waals surface area contributed by atoms with Crippen LogP contribution in [0.25, 0.3) is 5.69 Å². The first-order valence-electron chi connectivity index (χ1n) is 5.95. The quantitative estimate of drug-likeness (QED) is 0.610. The van der Waals surface area contributed by atoms with E-state index >= 15 is 0 Å². The van der Waals surface area contributed by atoms with Crippen molar-refractivity contribution in [3.63, 3.8) is 0 Å². The van der Waals surface area contributed by atoms with Crippen molar-refractivity contribution in [2.75, 3.05) is 0 Å². The number of aromatic nitrogens is 2. The standard InChI is InChI=1S/C14H13N3O/c1-11-15-8-9-17(11)13-4-2-12(3-5-13)14(6-7-14)16-10-18/h2-5,8-9H,6-7H2,1H3. The van der Waals surface area contributed by atoms with E-state index in [1.165, 1.54) is 0 Å². The smallest absolute Gasteiger partial charge is 0.235 e. The summed E-state index contributed by atoms with van der Waals surface area (Å²) in [6.07, 6.45) is 7.26. The van der Waals surface area contributed by atoms with E-state index in [9.17, 15) is 4.79 Å². The average molecular weight is 239 g/mol. The number of rotatable bonds is 3. The van der Waals surface area contributed by atoms with Crippen LogP contribution in [0.3, 0.4) is 0 Å². The average Bonchev–Trinajstić information content (AvgIpc) is 3.05. The predicted octanol–water partition coefficient (Wildman–Crippen LogP) is 2.51. The highest BCUT2D eigenvalue weighted by Gasteiger charge is 2.44. The number of carbonyl (C=O) groups excluding carboxylic acids is 1. The third-order valence-electron chi connectivity index (χ3n) is 3.49. The molecular formula is C14H13N3O. The zero-order chi connectivity index (χ0) is 12.6. The van der Waals surface area contributed by atoms with Gasteiger partial charge in [-0.05, 0) is 37.5 Å². The first-order valence-corrected chi connectivity index (χ1v) is 5.95. The molecule has 90 valence electrons. The highest BCUT2D eigenvalue weighted by Crippen LogP contribution is 2.49. The van der Waals surface area contributed by atoms with Gasteiger partial charge in [-0.15, -0.1) is 0 Å². The Hall–Kier alpha value is -2.19. The molecule has 0 radical (unpaired) electrons. The molecule has 1 aromatic carbocycles. The normalized spacial score (nSPS) is 16.1. The number of aryl methyl sites for hydroxylation is 1. The maximum atomic E-state index is 10.4. The fourth-order valence-corrected chi connectivity index (χ4v) is 2.25. The van der Waals surface area contributed by atoms with Crippen molar-refractivity contribution in [2.24, 2.45) is 4.99 Å². The lowest BCUT2D eigenvalue weighted by molar-refractivity contribution is 0.556. The predicted molar refractivity (Wildman–Crippen MR) is 67.3 cm³/mol. The molecule has 0 spiro atoms. The van der Waals surface area contributed by atoms with Gasteiger partial charge in [0.05, 0.1) is 5.54 Å². The maximum Gasteiger partial charge on any atom is 0.235 e. The van der Waals surface area contributed by atoms with Crippen LogP contribution in [0.1, 0.15) is 24.2 Å². The molecule has 1 fully saturated rings. The second-order valence-corrected chi connectivity index (χ2v) is 4.63. The van der Waals surface area contributed by atoms with Gasteiger partial charge in [0.15, 0.2) is 0 Å². The highest BCUT2D eigenvalue weighted by atomic mass is 16.1. The zero-order valence-corrected chi connectivity index (χ0v) is 10.1. The molecule has 0 aliphatic heterocycles. The molecule has 2 aromatic rings. The van der Waals surface area contributed by atoms with E-state index in [0.717, 1.165) is 29.9 Å². The van der Waals surface area contributed by atoms with Crippen molar-refractivity contribution in [3.8, 4) is 5.69 Å². The van der Waals surface area contributed by atoms with Crippen molar-refractivity contribution >= 4 is 6.08 Å². The van der Waals surface area contributed by atoms with Crippen LogP contribution in [0, 0.1) is 6.92 Å². The van der Waals surface area contributed by atoms with Crippen LogP contribution in [0.2, 0.25) is 0 Å². The van der Waals surface area contributed by atoms with Gasteiger partial charge in [0.2, 0.25) is 6.08 Å². The molecule has 0 unspecified atom stereocenters. The van der Waals surface area contributed by atoms with Crippen LogP contribution in [-0.4, -0.2) is 15.6 Å². The molecule has 0 N–H and O–H groups in total. The number of imidazole rings is 1. The zero-order valence-electron chi connectivity index (χ0n) is 10.1. The van der Waals surface area contributed by atoms with Crippen LogP contribution >= 0.6 is 0 Å². The fourth-order valence-electron chi connectivity index (χ4n) is 2.25. The molecule has 3 rings (SSSR count). The molecule has 4 nitrogen and oxygen atoms in total. The van der Waals surface area contributed by atoms with Gasteiger partial charge in [-0.3, -0.25) is 0 Å². The summed E-state index contributed by atoms with van der Waals surface area (Å²) in [5, 5.41) is 0. The van der Waals surface area contributed by atoms with E-state index in [2.05, 4.69) is 9.98 Å². The van der Waals surface area contributed by atoms with E-state index in [4.69, 9.17) is 0 Å². The number of aliphatic imine (C=N–C) groups is 1. The maximum absolute atomic E-state index is 10.4. The van der Waals surface area contributed by atoms with Crippen molar-refractivity contribution in [1.82, 2.24) is 9.55 Å². The number of hydrogen-bond donors (Lipinski definition) is 0. The van der Waals surface area contributed by atoms with E-state index < -0.39 is 0 Å². The molecule has 1 saturated carbocycles. The minimum Gasteiger partial charge on any atom is -0.304 e. The minimum atomic E-state index is -0.287. The summed E-state index contributed by atoms with van der Waals surface area (Å²) < 4.78 is 2.02. The van der Waals surface area contributed by atoms with E-state index in [-0.39, 0.29) is 5.54 Å². The second kappa shape index (κ2) is 3.93. The Labute approximate surface area is 105 Å². The Morgan fingerprint density at radius 3 is 2.56 bits per heavy atom. The molecule has 0 atom stereocenters. The first kappa shape index (κ1) is 10.9. The number of isocyanates is 1. The summed E-state index contributed by atoms with van der Waals surface area (Å²) in [5.41, 5.74) is 1.87. The number of nitrogens with zero attached hydrogens (tertiary/aromatic N) is 3. The van der Waals surface area contributed by atoms with Gasteiger partial charge in [0.1, 0.15) is 5.82 Å². The summed E-state index contributed by atoms with van der Waals surface area (Å²) in [5.74, 6) is 0.954. The van der Waals surface area contributed by atoms with Gasteiger partial charge < -0.3 is 4.57 Å². The monoisotopic (exact) mass is 239 g/mol. The van der Waals surface area contributed by atoms with Crippen LogP contribution in [-0.2, 0) is 10.3 Å². The SMILES string of the molecule is Cc1nccn1-c1ccc(C2(N=C=O)CC2)cc1. The number of hydrogen-bond acceptors (Lipinski definition) is 3. The van der Waals surface area contributed by atoms with Gasteiger partial charge in [0.25, 0.3) is 0 Å². The van der Waals surface area contributed by atoms with E-state index in [0.29, 0.717) is 0 Å². The number of benzene rings is 1. The topological polar surface area (TPSA) is 47.2 Å². The summed E-state index contributed by atoms with van der Waals surface area (Å²) in [6, 6.07) is 8.13. The Balaban J connectivity index is 1.95. The Kier molecular flexibility index (Phi) is 2.39. The van der Waals surface area contributed by atoms with Gasteiger partial charge in [-0.25, -0.2) is 9.78 Å². The molecule has 1 aliphatic carbocycles. The summed E-state index contributed by atoms with van der Waals surface area (Å²) in [6.45, 7) is 1.97. The first-order chi connectivity index (χ1) is 8.75. The van der Waals surface area contributed by atoms with Gasteiger partial charge in [-0.2, -0.15) is 4.99 Å². The molecule has 18 heavy (non-hydrogen) atoms. The fraction of sp³-hybridized carbons (Fsp3) is 0.286. The molecular weight excluding hydrogens is 226 g/mol. The third-order valence-corrected chi connectivity index (χ3v) is 3.49. The van der Waals surface area contributed by atoms with Crippen LogP contribution < -0.4 is 0 Å². The van der Waals surface area contributed by atoms with Crippen molar-refractivity contribution in [2.45, 2.75) is 25.3 Å². The van der Waals surface area contributed by atoms with Gasteiger partial charge in [0, 0.05) is 18.1 Å². The summed E-state index contributed by atoms with van der Waals surface area (Å²) in [4.78, 5) is 18.6. The Morgan fingerprint density at radius 1 is 1.33 bits per heavy atom. The molecule has 0 amide bonds. The molecule has 0 saturated heterocycles. The summed E-state index contributed by atoms with van der Waals surface area (Å²) >= 11 is 0. The largest absolute Gasteiger partial charge is 0.304 e. The second-order valence-electron chi connectivity index (χ2n) is 4.63.